The molecule has 0 saturated heterocycles. The molecule has 0 aromatic heterocycles. The molecule has 0 amide bonds. The average molecular weight is 72.9 g/mol. The van der Waals surface area contributed by atoms with Gasteiger partial charge in [-0.25, -0.2) is 0 Å². The molecule has 0 nitrogen and oxygen atoms in total. The third-order valence-corrected chi connectivity index (χ3v) is 0. The van der Waals surface area contributed by atoms with Gasteiger partial charge < -0.3 is 14.1 Å². The molecule has 0 atom stereocenters. The first-order valence-corrected chi connectivity index (χ1v) is 0. The van der Waals surface area contributed by atoms with Crippen LogP contribution in [0.4, 0.5) is 0 Å². The van der Waals surface area contributed by atoms with Gasteiger partial charge in [-0.3, -0.25) is 0 Å². The quantitative estimate of drug-likeness (QED) is 0.250. The zero-order valence-corrected chi connectivity index (χ0v) is 2.84. The summed E-state index contributed by atoms with van der Waals surface area (Å²) in [5.74, 6) is 0. The second-order valence-electron chi connectivity index (χ2n) is 0. The third-order valence-electron chi connectivity index (χ3n) is 0. The van der Waals surface area contributed by atoms with Gasteiger partial charge in [0.2, 0.25) is 0 Å². The maximum Gasteiger partial charge on any atom is 2.00 e. The molecule has 5 heteroatoms. The van der Waals surface area contributed by atoms with E-state index in [2.05, 4.69) is 0 Å². The fourth-order valence-electron chi connectivity index (χ4n) is 0. The Kier molecular flexibility index (Phi) is 13900. The SMILES string of the molecule is [Be+2].[F-].[F-].[F-].[Li+]. The van der Waals surface area contributed by atoms with Crippen LogP contribution >= 0.6 is 0 Å². The monoisotopic (exact) mass is 73.0 g/mol. The summed E-state index contributed by atoms with van der Waals surface area (Å²) >= 11 is 0. The van der Waals surface area contributed by atoms with Crippen molar-refractivity contribution in [1.29, 1.82) is 0 Å². The van der Waals surface area contributed by atoms with E-state index >= 15 is 0 Å². The minimum Gasteiger partial charge on any atom is -1.00 e. The molecule has 0 aliphatic heterocycles. The molecular formula is BeF3Li. The minimum atomic E-state index is 0. The predicted octanol–water partition coefficient (Wildman–Crippen LogP) is -12.4. The van der Waals surface area contributed by atoms with E-state index in [1.807, 2.05) is 0 Å². The number of hydrogen-bond acceptors (Lipinski definition) is 0. The number of halogens is 3. The van der Waals surface area contributed by atoms with E-state index in [4.69, 9.17) is 0 Å². The third kappa shape index (κ3) is 96.2. The smallest absolute Gasteiger partial charge is 1.00 e. The van der Waals surface area contributed by atoms with E-state index in [0.717, 1.165) is 0 Å². The molecule has 0 bridgehead atoms. The number of rotatable bonds is 0. The summed E-state index contributed by atoms with van der Waals surface area (Å²) in [5, 5.41) is 0. The molecule has 24 valence electrons. The second-order valence-corrected chi connectivity index (χ2v) is 0. The van der Waals surface area contributed by atoms with Gasteiger partial charge in [0.25, 0.3) is 0 Å². The first-order valence-electron chi connectivity index (χ1n) is 0. The Morgan fingerprint density at radius 1 is 0.600 bits per heavy atom. The van der Waals surface area contributed by atoms with Crippen LogP contribution in [0.5, 0.6) is 0 Å². The molecule has 0 spiro atoms. The van der Waals surface area contributed by atoms with Gasteiger partial charge in [0, 0.05) is 0 Å². The van der Waals surface area contributed by atoms with Crippen molar-refractivity contribution in [2.75, 3.05) is 0 Å². The zero-order chi connectivity index (χ0) is 0. The first-order chi connectivity index (χ1) is 0. The second kappa shape index (κ2) is 186. The van der Waals surface area contributed by atoms with Crippen molar-refractivity contribution in [3.8, 4) is 0 Å². The van der Waals surface area contributed by atoms with Crippen LogP contribution in [0.25, 0.3) is 0 Å². The predicted molar refractivity (Wildman–Crippen MR) is 5.75 cm³/mol. The van der Waals surface area contributed by atoms with Crippen molar-refractivity contribution in [2.24, 2.45) is 0 Å². The van der Waals surface area contributed by atoms with E-state index in [1.165, 1.54) is 0 Å². The maximum atomic E-state index is 0. The Morgan fingerprint density at radius 2 is 0.600 bits per heavy atom. The molecule has 0 fully saturated rings. The standard InChI is InChI=1S/Be.3FH.Li/h;3*1H;/q+2;;;;+1/p-3. The summed E-state index contributed by atoms with van der Waals surface area (Å²) in [6, 6.07) is 0. The molecule has 5 heavy (non-hydrogen) atoms. The van der Waals surface area contributed by atoms with Gasteiger partial charge in [0.15, 0.2) is 0 Å². The Labute approximate surface area is 43.8 Å². The van der Waals surface area contributed by atoms with Crippen molar-refractivity contribution < 1.29 is 33.0 Å². The summed E-state index contributed by atoms with van der Waals surface area (Å²) in [4.78, 5) is 0. The van der Waals surface area contributed by atoms with Crippen molar-refractivity contribution in [3.05, 3.63) is 0 Å². The van der Waals surface area contributed by atoms with Gasteiger partial charge in [-0.05, 0) is 0 Å². The molecular weight excluding hydrogens is 72.9 g/mol. The average Bonchev–Trinajstić information content (AvgIpc) is 0. The summed E-state index contributed by atoms with van der Waals surface area (Å²) in [6.07, 6.45) is 0. The first kappa shape index (κ1) is 373. The molecule has 0 aromatic carbocycles. The normalized spacial score (nSPS) is 0. The van der Waals surface area contributed by atoms with E-state index in [0.29, 0.717) is 0 Å². The van der Waals surface area contributed by atoms with Crippen LogP contribution in [0.1, 0.15) is 0 Å². The molecule has 0 saturated carbocycles. The van der Waals surface area contributed by atoms with Crippen molar-refractivity contribution >= 4 is 10.1 Å². The van der Waals surface area contributed by atoms with Gasteiger partial charge in [-0.1, -0.05) is 0 Å². The zero-order valence-electron chi connectivity index (χ0n) is 2.84. The van der Waals surface area contributed by atoms with E-state index < -0.39 is 0 Å². The summed E-state index contributed by atoms with van der Waals surface area (Å²) in [7, 11) is 0. The Hall–Kier alpha value is 0.556. The van der Waals surface area contributed by atoms with E-state index in [1.54, 1.807) is 0 Å². The summed E-state index contributed by atoms with van der Waals surface area (Å²) in [5.41, 5.74) is 0. The van der Waals surface area contributed by atoms with Crippen molar-refractivity contribution in [2.45, 2.75) is 0 Å². The van der Waals surface area contributed by atoms with Crippen LogP contribution in [0.3, 0.4) is 0 Å². The van der Waals surface area contributed by atoms with Crippen LogP contribution in [-0.2, 0) is 0 Å². The fourth-order valence-corrected chi connectivity index (χ4v) is 0. The van der Waals surface area contributed by atoms with Gasteiger partial charge >= 0.3 is 29.0 Å². The van der Waals surface area contributed by atoms with Crippen LogP contribution in [0.2, 0.25) is 0 Å². The largest absolute Gasteiger partial charge is 2.00 e. The van der Waals surface area contributed by atoms with Crippen LogP contribution in [0.15, 0.2) is 0 Å². The molecule has 0 heterocycles. The summed E-state index contributed by atoms with van der Waals surface area (Å²) < 4.78 is 0. The molecule has 0 aliphatic carbocycles. The molecule has 0 N–H and O–H groups in total. The van der Waals surface area contributed by atoms with Crippen LogP contribution in [-0.4, -0.2) is 10.1 Å². The Morgan fingerprint density at radius 3 is 0.600 bits per heavy atom. The molecule has 0 aromatic rings. The van der Waals surface area contributed by atoms with Crippen LogP contribution < -0.4 is 33.0 Å². The Balaban J connectivity index is 0. The maximum absolute atomic E-state index is 0. The van der Waals surface area contributed by atoms with Gasteiger partial charge in [0.05, 0.1) is 0 Å². The molecule has 0 unspecified atom stereocenters. The van der Waals surface area contributed by atoms with Crippen molar-refractivity contribution in [3.63, 3.8) is 0 Å². The molecule has 0 aliphatic rings. The number of hydrogen-bond donors (Lipinski definition) is 0. The van der Waals surface area contributed by atoms with Crippen molar-refractivity contribution in [1.82, 2.24) is 0 Å². The Bertz CT molecular complexity index is 6.85. The minimum absolute atomic E-state index is 0. The fraction of sp³-hybridized carbons (Fsp3) is 0. The topological polar surface area (TPSA) is 0 Å². The van der Waals surface area contributed by atoms with Crippen LogP contribution in [0, 0.1) is 0 Å². The molecule has 0 rings (SSSR count). The van der Waals surface area contributed by atoms with Gasteiger partial charge in [-0.2, -0.15) is 0 Å². The van der Waals surface area contributed by atoms with E-state index in [-0.39, 0.29) is 43.1 Å². The summed E-state index contributed by atoms with van der Waals surface area (Å²) in [6.45, 7) is 0. The van der Waals surface area contributed by atoms with Gasteiger partial charge in [0.1, 0.15) is 0 Å². The van der Waals surface area contributed by atoms with Gasteiger partial charge in [-0.15, -0.1) is 0 Å². The van der Waals surface area contributed by atoms with E-state index in [9.17, 15) is 0 Å². The molecule has 0 radical (unpaired) electrons.